The second-order valence-corrected chi connectivity index (χ2v) is 7.08. The van der Waals surface area contributed by atoms with Crippen LogP contribution in [0.2, 0.25) is 0 Å². The number of benzene rings is 1. The predicted molar refractivity (Wildman–Crippen MR) is 123 cm³/mol. The van der Waals surface area contributed by atoms with Gasteiger partial charge in [0, 0.05) is 51.6 Å². The molecule has 0 aliphatic carbocycles. The van der Waals surface area contributed by atoms with Crippen LogP contribution in [0.25, 0.3) is 0 Å². The Morgan fingerprint density at radius 3 is 2.74 bits per heavy atom. The van der Waals surface area contributed by atoms with Crippen molar-refractivity contribution in [3.8, 4) is 5.88 Å². The van der Waals surface area contributed by atoms with Crippen molar-refractivity contribution in [2.75, 3.05) is 47.5 Å². The van der Waals surface area contributed by atoms with Gasteiger partial charge in [-0.2, -0.15) is 0 Å². The lowest BCUT2D eigenvalue weighted by molar-refractivity contribution is 0.0827. The fourth-order valence-electron chi connectivity index (χ4n) is 2.85. The van der Waals surface area contributed by atoms with Crippen molar-refractivity contribution in [3.63, 3.8) is 0 Å². The molecule has 0 aliphatic rings. The minimum Gasteiger partial charge on any atom is -0.475 e. The van der Waals surface area contributed by atoms with Crippen LogP contribution in [0.3, 0.4) is 0 Å². The lowest BCUT2D eigenvalue weighted by atomic mass is 10.1. The molecule has 2 aromatic rings. The van der Waals surface area contributed by atoms with Gasteiger partial charge in [0.1, 0.15) is 6.61 Å². The summed E-state index contributed by atoms with van der Waals surface area (Å²) >= 11 is 0. The summed E-state index contributed by atoms with van der Waals surface area (Å²) in [6.45, 7) is 4.86. The molecular weight excluding hydrogens is 394 g/mol. The molecule has 1 amide bonds. The highest BCUT2D eigenvalue weighted by molar-refractivity contribution is 5.94. The Hall–Kier alpha value is -3.13. The first-order valence-electron chi connectivity index (χ1n) is 10.4. The number of nitrogens with one attached hydrogen (secondary N) is 2. The SMILES string of the molecule is CCNC(=NCc1cccnc1OCCOC)NCCc1cccc(C(=O)N(C)C)c1. The number of rotatable bonds is 11. The summed E-state index contributed by atoms with van der Waals surface area (Å²) < 4.78 is 10.7. The summed E-state index contributed by atoms with van der Waals surface area (Å²) in [5.74, 6) is 1.29. The summed E-state index contributed by atoms with van der Waals surface area (Å²) in [5, 5.41) is 6.60. The maximum atomic E-state index is 12.2. The van der Waals surface area contributed by atoms with E-state index >= 15 is 0 Å². The van der Waals surface area contributed by atoms with Crippen molar-refractivity contribution >= 4 is 11.9 Å². The van der Waals surface area contributed by atoms with Gasteiger partial charge in [-0.3, -0.25) is 4.79 Å². The molecule has 8 heteroatoms. The molecule has 0 radical (unpaired) electrons. The molecule has 0 aliphatic heterocycles. The summed E-state index contributed by atoms with van der Waals surface area (Å²) in [5.41, 5.74) is 2.70. The highest BCUT2D eigenvalue weighted by atomic mass is 16.5. The third-order valence-corrected chi connectivity index (χ3v) is 4.41. The van der Waals surface area contributed by atoms with Crippen molar-refractivity contribution in [2.24, 2.45) is 4.99 Å². The first kappa shape index (κ1) is 24.1. The molecule has 1 aromatic carbocycles. The minimum absolute atomic E-state index is 0.00435. The molecule has 168 valence electrons. The second kappa shape index (κ2) is 13.2. The molecular formula is C23H33N5O3. The van der Waals surface area contributed by atoms with Gasteiger partial charge in [0.25, 0.3) is 5.91 Å². The average Bonchev–Trinajstić information content (AvgIpc) is 2.78. The van der Waals surface area contributed by atoms with Gasteiger partial charge < -0.3 is 25.0 Å². The van der Waals surface area contributed by atoms with Gasteiger partial charge in [-0.1, -0.05) is 18.2 Å². The summed E-state index contributed by atoms with van der Waals surface area (Å²) in [6.07, 6.45) is 2.48. The van der Waals surface area contributed by atoms with Crippen LogP contribution in [0, 0.1) is 0 Å². The van der Waals surface area contributed by atoms with Gasteiger partial charge in [-0.15, -0.1) is 0 Å². The molecule has 31 heavy (non-hydrogen) atoms. The summed E-state index contributed by atoms with van der Waals surface area (Å²) in [7, 11) is 5.15. The highest BCUT2D eigenvalue weighted by Crippen LogP contribution is 2.15. The van der Waals surface area contributed by atoms with E-state index < -0.39 is 0 Å². The van der Waals surface area contributed by atoms with Gasteiger partial charge >= 0.3 is 0 Å². The van der Waals surface area contributed by atoms with Crippen molar-refractivity contribution in [2.45, 2.75) is 19.9 Å². The first-order valence-corrected chi connectivity index (χ1v) is 10.4. The normalized spacial score (nSPS) is 11.2. The number of nitrogens with zero attached hydrogens (tertiary/aromatic N) is 3. The van der Waals surface area contributed by atoms with Crippen molar-refractivity contribution in [3.05, 3.63) is 59.3 Å². The number of pyridine rings is 1. The van der Waals surface area contributed by atoms with E-state index in [0.717, 1.165) is 30.1 Å². The highest BCUT2D eigenvalue weighted by Gasteiger charge is 2.08. The number of hydrogen-bond acceptors (Lipinski definition) is 5. The lowest BCUT2D eigenvalue weighted by Gasteiger charge is -2.13. The molecule has 0 fully saturated rings. The smallest absolute Gasteiger partial charge is 0.253 e. The van der Waals surface area contributed by atoms with Crippen molar-refractivity contribution in [1.82, 2.24) is 20.5 Å². The molecule has 8 nitrogen and oxygen atoms in total. The number of aliphatic imine (C=N–C) groups is 1. The zero-order valence-electron chi connectivity index (χ0n) is 18.9. The standard InChI is InChI=1S/C23H33N5O3/c1-5-24-23(27-17-20-10-7-12-25-21(20)31-15-14-30-4)26-13-11-18-8-6-9-19(16-18)22(29)28(2)3/h6-10,12,16H,5,11,13-15,17H2,1-4H3,(H2,24,26,27). The van der Waals surface area contributed by atoms with Crippen LogP contribution in [0.15, 0.2) is 47.6 Å². The van der Waals surface area contributed by atoms with Gasteiger partial charge in [-0.25, -0.2) is 9.98 Å². The Labute approximate surface area is 184 Å². The number of guanidine groups is 1. The predicted octanol–water partition coefficient (Wildman–Crippen LogP) is 2.11. The Morgan fingerprint density at radius 2 is 2.00 bits per heavy atom. The van der Waals surface area contributed by atoms with Crippen LogP contribution in [0.1, 0.15) is 28.4 Å². The monoisotopic (exact) mass is 427 g/mol. The molecule has 1 aromatic heterocycles. The molecule has 2 rings (SSSR count). The number of carbonyl (C=O) groups excluding carboxylic acids is 1. The summed E-state index contributed by atoms with van der Waals surface area (Å²) in [6, 6.07) is 11.5. The van der Waals surface area contributed by atoms with E-state index in [1.165, 1.54) is 0 Å². The van der Waals surface area contributed by atoms with Crippen molar-refractivity contribution in [1.29, 1.82) is 0 Å². The molecule has 1 heterocycles. The molecule has 0 saturated heterocycles. The van der Waals surface area contributed by atoms with Gasteiger partial charge in [0.05, 0.1) is 13.2 Å². The number of hydrogen-bond donors (Lipinski definition) is 2. The topological polar surface area (TPSA) is 88.1 Å². The van der Waals surface area contributed by atoms with Gasteiger partial charge in [0.2, 0.25) is 5.88 Å². The Morgan fingerprint density at radius 1 is 1.16 bits per heavy atom. The van der Waals surface area contributed by atoms with E-state index in [2.05, 4.69) is 20.6 Å². The van der Waals surface area contributed by atoms with Crippen LogP contribution in [0.5, 0.6) is 5.88 Å². The Bertz CT molecular complexity index is 855. The Kier molecular flexibility index (Phi) is 10.3. The largest absolute Gasteiger partial charge is 0.475 e. The van der Waals surface area contributed by atoms with E-state index in [1.807, 2.05) is 43.3 Å². The third kappa shape index (κ3) is 8.25. The average molecular weight is 428 g/mol. The Balaban J connectivity index is 1.96. The number of ether oxygens (including phenoxy) is 2. The van der Waals surface area contributed by atoms with Crippen LogP contribution in [-0.4, -0.2) is 69.3 Å². The lowest BCUT2D eigenvalue weighted by Crippen LogP contribution is -2.38. The van der Waals surface area contributed by atoms with Gasteiger partial charge in [0.15, 0.2) is 5.96 Å². The molecule has 0 atom stereocenters. The fraction of sp³-hybridized carbons (Fsp3) is 0.435. The minimum atomic E-state index is 0.00435. The van der Waals surface area contributed by atoms with E-state index in [4.69, 9.17) is 9.47 Å². The van der Waals surface area contributed by atoms with Gasteiger partial charge in [-0.05, 0) is 37.1 Å². The van der Waals surface area contributed by atoms with Crippen LogP contribution >= 0.6 is 0 Å². The molecule has 0 unspecified atom stereocenters. The van der Waals surface area contributed by atoms with E-state index in [1.54, 1.807) is 32.3 Å². The van der Waals surface area contributed by atoms with Crippen LogP contribution in [0.4, 0.5) is 0 Å². The molecule has 2 N–H and O–H groups in total. The fourth-order valence-corrected chi connectivity index (χ4v) is 2.85. The quantitative estimate of drug-likeness (QED) is 0.324. The number of aromatic nitrogens is 1. The van der Waals surface area contributed by atoms with E-state index in [9.17, 15) is 4.79 Å². The number of carbonyl (C=O) groups is 1. The van der Waals surface area contributed by atoms with Crippen molar-refractivity contribution < 1.29 is 14.3 Å². The zero-order chi connectivity index (χ0) is 22.5. The zero-order valence-corrected chi connectivity index (χ0v) is 18.9. The number of amides is 1. The number of methoxy groups -OCH3 is 1. The van der Waals surface area contributed by atoms with Crippen LogP contribution in [-0.2, 0) is 17.7 Å². The third-order valence-electron chi connectivity index (χ3n) is 4.41. The second-order valence-electron chi connectivity index (χ2n) is 7.08. The first-order chi connectivity index (χ1) is 15.0. The molecule has 0 spiro atoms. The maximum Gasteiger partial charge on any atom is 0.253 e. The maximum absolute atomic E-state index is 12.2. The van der Waals surface area contributed by atoms with E-state index in [0.29, 0.717) is 37.7 Å². The van der Waals surface area contributed by atoms with Crippen LogP contribution < -0.4 is 15.4 Å². The van der Waals surface area contributed by atoms with E-state index in [-0.39, 0.29) is 5.91 Å². The molecule has 0 bridgehead atoms. The summed E-state index contributed by atoms with van der Waals surface area (Å²) in [4.78, 5) is 22.7. The molecule has 0 saturated carbocycles.